The molecule has 4 heteroatoms. The van der Waals surface area contributed by atoms with Gasteiger partial charge in [0.15, 0.2) is 0 Å². The number of hydrogen-bond acceptors (Lipinski definition) is 3. The van der Waals surface area contributed by atoms with Crippen LogP contribution in [0.25, 0.3) is 0 Å². The largest absolute Gasteiger partial charge is 0.383 e. The molecule has 100 valence electrons. The van der Waals surface area contributed by atoms with Gasteiger partial charge in [-0.3, -0.25) is 4.79 Å². The van der Waals surface area contributed by atoms with Crippen LogP contribution in [0.1, 0.15) is 15.9 Å². The van der Waals surface area contributed by atoms with Crippen molar-refractivity contribution in [2.45, 2.75) is 6.54 Å². The number of rotatable bonds is 6. The van der Waals surface area contributed by atoms with Gasteiger partial charge in [-0.05, 0) is 34.5 Å². The SMILES string of the molecule is COCCN(Cc1ccsc1)C(=O)c1ccccc1. The molecule has 0 N–H and O–H groups in total. The van der Waals surface area contributed by atoms with Crippen LogP contribution in [-0.4, -0.2) is 31.1 Å². The molecular weight excluding hydrogens is 258 g/mol. The fraction of sp³-hybridized carbons (Fsp3) is 0.267. The van der Waals surface area contributed by atoms with Crippen molar-refractivity contribution in [2.75, 3.05) is 20.3 Å². The van der Waals surface area contributed by atoms with Gasteiger partial charge in [-0.1, -0.05) is 18.2 Å². The van der Waals surface area contributed by atoms with Crippen LogP contribution in [0.4, 0.5) is 0 Å². The molecule has 0 aliphatic rings. The molecule has 1 aromatic heterocycles. The lowest BCUT2D eigenvalue weighted by atomic mass is 10.2. The number of amides is 1. The molecule has 0 saturated carbocycles. The molecule has 1 heterocycles. The Morgan fingerprint density at radius 1 is 1.26 bits per heavy atom. The van der Waals surface area contributed by atoms with Crippen LogP contribution < -0.4 is 0 Å². The van der Waals surface area contributed by atoms with E-state index in [4.69, 9.17) is 4.74 Å². The molecule has 0 bridgehead atoms. The maximum absolute atomic E-state index is 12.5. The Morgan fingerprint density at radius 2 is 2.05 bits per heavy atom. The van der Waals surface area contributed by atoms with E-state index in [0.29, 0.717) is 25.3 Å². The van der Waals surface area contributed by atoms with E-state index in [-0.39, 0.29) is 5.91 Å². The Hall–Kier alpha value is -1.65. The molecule has 0 aliphatic heterocycles. The van der Waals surface area contributed by atoms with Crippen LogP contribution in [0.5, 0.6) is 0 Å². The predicted molar refractivity (Wildman–Crippen MR) is 77.4 cm³/mol. The van der Waals surface area contributed by atoms with Gasteiger partial charge in [0.05, 0.1) is 6.61 Å². The first-order valence-corrected chi connectivity index (χ1v) is 7.10. The number of carbonyl (C=O) groups is 1. The Balaban J connectivity index is 2.10. The summed E-state index contributed by atoms with van der Waals surface area (Å²) in [7, 11) is 1.65. The van der Waals surface area contributed by atoms with Gasteiger partial charge in [-0.25, -0.2) is 0 Å². The number of benzene rings is 1. The minimum absolute atomic E-state index is 0.0452. The van der Waals surface area contributed by atoms with Crippen LogP contribution in [0.3, 0.4) is 0 Å². The van der Waals surface area contributed by atoms with E-state index in [1.54, 1.807) is 18.4 Å². The second-order valence-electron chi connectivity index (χ2n) is 4.22. The molecule has 2 rings (SSSR count). The zero-order chi connectivity index (χ0) is 13.5. The first kappa shape index (κ1) is 13.8. The lowest BCUT2D eigenvalue weighted by Crippen LogP contribution is -2.33. The van der Waals surface area contributed by atoms with Crippen molar-refractivity contribution in [3.05, 3.63) is 58.3 Å². The Labute approximate surface area is 117 Å². The molecule has 0 aliphatic carbocycles. The first-order valence-electron chi connectivity index (χ1n) is 6.15. The van der Waals surface area contributed by atoms with Crippen molar-refractivity contribution < 1.29 is 9.53 Å². The summed E-state index contributed by atoms with van der Waals surface area (Å²) in [5, 5.41) is 4.09. The number of methoxy groups -OCH3 is 1. The maximum atomic E-state index is 12.5. The Bertz CT molecular complexity index is 496. The summed E-state index contributed by atoms with van der Waals surface area (Å²) in [4.78, 5) is 14.3. The van der Waals surface area contributed by atoms with Gasteiger partial charge in [0.25, 0.3) is 5.91 Å². The highest BCUT2D eigenvalue weighted by Crippen LogP contribution is 2.12. The van der Waals surface area contributed by atoms with Crippen LogP contribution in [0.15, 0.2) is 47.2 Å². The molecule has 0 saturated heterocycles. The molecule has 3 nitrogen and oxygen atoms in total. The van der Waals surface area contributed by atoms with Crippen molar-refractivity contribution in [1.82, 2.24) is 4.90 Å². The highest BCUT2D eigenvalue weighted by molar-refractivity contribution is 7.07. The lowest BCUT2D eigenvalue weighted by molar-refractivity contribution is 0.0680. The fourth-order valence-electron chi connectivity index (χ4n) is 1.82. The van der Waals surface area contributed by atoms with Crippen molar-refractivity contribution in [2.24, 2.45) is 0 Å². The number of hydrogen-bond donors (Lipinski definition) is 0. The molecule has 19 heavy (non-hydrogen) atoms. The zero-order valence-electron chi connectivity index (χ0n) is 10.9. The van der Waals surface area contributed by atoms with Gasteiger partial charge in [0.2, 0.25) is 0 Å². The smallest absolute Gasteiger partial charge is 0.254 e. The molecule has 1 aromatic carbocycles. The van der Waals surface area contributed by atoms with E-state index in [1.807, 2.05) is 46.7 Å². The topological polar surface area (TPSA) is 29.5 Å². The highest BCUT2D eigenvalue weighted by Gasteiger charge is 2.15. The Kier molecular flexibility index (Phi) is 5.12. The quantitative estimate of drug-likeness (QED) is 0.811. The number of ether oxygens (including phenoxy) is 1. The second-order valence-corrected chi connectivity index (χ2v) is 5.00. The third-order valence-corrected chi connectivity index (χ3v) is 3.56. The van der Waals surface area contributed by atoms with Crippen LogP contribution in [0.2, 0.25) is 0 Å². The van der Waals surface area contributed by atoms with E-state index in [1.165, 1.54) is 0 Å². The van der Waals surface area contributed by atoms with Gasteiger partial charge < -0.3 is 9.64 Å². The van der Waals surface area contributed by atoms with Crippen molar-refractivity contribution in [1.29, 1.82) is 0 Å². The zero-order valence-corrected chi connectivity index (χ0v) is 11.7. The average Bonchev–Trinajstić information content (AvgIpc) is 2.96. The third-order valence-electron chi connectivity index (χ3n) is 2.83. The summed E-state index contributed by atoms with van der Waals surface area (Å²) in [6, 6.07) is 11.4. The predicted octanol–water partition coefficient (Wildman–Crippen LogP) is 3.04. The summed E-state index contributed by atoms with van der Waals surface area (Å²) in [6.07, 6.45) is 0. The van der Waals surface area contributed by atoms with Crippen molar-refractivity contribution >= 4 is 17.2 Å². The van der Waals surface area contributed by atoms with Crippen LogP contribution >= 0.6 is 11.3 Å². The molecule has 2 aromatic rings. The lowest BCUT2D eigenvalue weighted by Gasteiger charge is -2.22. The summed E-state index contributed by atoms with van der Waals surface area (Å²) < 4.78 is 5.09. The van der Waals surface area contributed by atoms with E-state index in [0.717, 1.165) is 5.56 Å². The molecule has 0 unspecified atom stereocenters. The number of nitrogens with zero attached hydrogens (tertiary/aromatic N) is 1. The first-order chi connectivity index (χ1) is 9.31. The summed E-state index contributed by atoms with van der Waals surface area (Å²) in [5.41, 5.74) is 1.87. The second kappa shape index (κ2) is 7.07. The van der Waals surface area contributed by atoms with Gasteiger partial charge in [0.1, 0.15) is 0 Å². The molecular formula is C15H17NO2S. The average molecular weight is 275 g/mol. The van der Waals surface area contributed by atoms with Gasteiger partial charge in [0, 0.05) is 25.8 Å². The molecule has 1 amide bonds. The molecule has 0 atom stereocenters. The number of thiophene rings is 1. The summed E-state index contributed by atoms with van der Waals surface area (Å²) in [5.74, 6) is 0.0452. The molecule has 0 radical (unpaired) electrons. The standard InChI is InChI=1S/C15H17NO2S/c1-18-9-8-16(11-13-7-10-19-12-13)15(17)14-5-3-2-4-6-14/h2-7,10,12H,8-9,11H2,1H3. The minimum atomic E-state index is 0.0452. The van der Waals surface area contributed by atoms with Crippen LogP contribution in [0, 0.1) is 0 Å². The minimum Gasteiger partial charge on any atom is -0.383 e. The Morgan fingerprint density at radius 3 is 2.68 bits per heavy atom. The van der Waals surface area contributed by atoms with Gasteiger partial charge in [-0.2, -0.15) is 11.3 Å². The molecule has 0 fully saturated rings. The van der Waals surface area contributed by atoms with Crippen molar-refractivity contribution in [3.63, 3.8) is 0 Å². The highest BCUT2D eigenvalue weighted by atomic mass is 32.1. The van der Waals surface area contributed by atoms with Crippen molar-refractivity contribution in [3.8, 4) is 0 Å². The van der Waals surface area contributed by atoms with E-state index in [9.17, 15) is 4.79 Å². The van der Waals surface area contributed by atoms with Crippen LogP contribution in [-0.2, 0) is 11.3 Å². The van der Waals surface area contributed by atoms with E-state index < -0.39 is 0 Å². The van der Waals surface area contributed by atoms with E-state index in [2.05, 4.69) is 5.38 Å². The summed E-state index contributed by atoms with van der Waals surface area (Å²) >= 11 is 1.64. The van der Waals surface area contributed by atoms with Gasteiger partial charge >= 0.3 is 0 Å². The molecule has 0 spiro atoms. The third kappa shape index (κ3) is 3.91. The monoisotopic (exact) mass is 275 g/mol. The van der Waals surface area contributed by atoms with Gasteiger partial charge in [-0.15, -0.1) is 0 Å². The maximum Gasteiger partial charge on any atom is 0.254 e. The van der Waals surface area contributed by atoms with E-state index >= 15 is 0 Å². The normalized spacial score (nSPS) is 10.4. The summed E-state index contributed by atoms with van der Waals surface area (Å²) in [6.45, 7) is 1.77. The number of carbonyl (C=O) groups excluding carboxylic acids is 1. The fourth-order valence-corrected chi connectivity index (χ4v) is 2.48.